The number of hydrogen-bond acceptors (Lipinski definition) is 6. The molecule has 1 aromatic carbocycles. The summed E-state index contributed by atoms with van der Waals surface area (Å²) >= 11 is 0. The van der Waals surface area contributed by atoms with Crippen LogP contribution >= 0.6 is 0 Å². The number of imide groups is 1. The maximum Gasteiger partial charge on any atom is 0.417 e. The lowest BCUT2D eigenvalue weighted by Gasteiger charge is -2.35. The van der Waals surface area contributed by atoms with E-state index in [9.17, 15) is 9.59 Å². The molecular formula is C21H31N3O4. The summed E-state index contributed by atoms with van der Waals surface area (Å²) in [6, 6.07) is 7.13. The summed E-state index contributed by atoms with van der Waals surface area (Å²) < 4.78 is 11.1. The van der Waals surface area contributed by atoms with Gasteiger partial charge in [0.1, 0.15) is 18.0 Å². The molecule has 0 aliphatic heterocycles. The van der Waals surface area contributed by atoms with Gasteiger partial charge in [-0.3, -0.25) is 4.79 Å². The van der Waals surface area contributed by atoms with Gasteiger partial charge in [-0.25, -0.2) is 9.69 Å². The van der Waals surface area contributed by atoms with E-state index in [0.29, 0.717) is 11.3 Å². The van der Waals surface area contributed by atoms with E-state index in [1.807, 2.05) is 26.8 Å². The van der Waals surface area contributed by atoms with E-state index in [2.05, 4.69) is 0 Å². The fourth-order valence-electron chi connectivity index (χ4n) is 2.24. The summed E-state index contributed by atoms with van der Waals surface area (Å²) in [5, 5.41) is 8.85. The lowest BCUT2D eigenvalue weighted by atomic mass is 9.86. The normalized spacial score (nSPS) is 13.8. The summed E-state index contributed by atoms with van der Waals surface area (Å²) in [7, 11) is 0. The van der Waals surface area contributed by atoms with Crippen molar-refractivity contribution in [1.29, 1.82) is 5.26 Å². The van der Waals surface area contributed by atoms with Gasteiger partial charge in [-0.15, -0.1) is 0 Å². The Morgan fingerprint density at radius 1 is 1.14 bits per heavy atom. The average molecular weight is 389 g/mol. The van der Waals surface area contributed by atoms with Gasteiger partial charge in [-0.2, -0.15) is 5.26 Å². The molecule has 0 aliphatic rings. The Hall–Kier alpha value is -2.59. The first-order valence-corrected chi connectivity index (χ1v) is 9.21. The van der Waals surface area contributed by atoms with Crippen LogP contribution in [-0.2, 0) is 9.53 Å². The molecule has 2 atom stereocenters. The number of nitrogens with two attached hydrogens (primary N) is 1. The van der Waals surface area contributed by atoms with Gasteiger partial charge in [0.15, 0.2) is 0 Å². The quantitative estimate of drug-likeness (QED) is 0.826. The molecule has 1 aromatic rings. The molecule has 2 amide bonds. The van der Waals surface area contributed by atoms with Crippen LogP contribution in [-0.4, -0.2) is 41.2 Å². The number of nitriles is 1. The van der Waals surface area contributed by atoms with Gasteiger partial charge in [0.05, 0.1) is 23.7 Å². The van der Waals surface area contributed by atoms with Crippen molar-refractivity contribution in [2.75, 3.05) is 6.61 Å². The van der Waals surface area contributed by atoms with Crippen molar-refractivity contribution in [2.24, 2.45) is 11.1 Å². The van der Waals surface area contributed by atoms with Gasteiger partial charge >= 0.3 is 6.09 Å². The summed E-state index contributed by atoms with van der Waals surface area (Å²) in [6.45, 7) is 12.5. The summed E-state index contributed by atoms with van der Waals surface area (Å²) in [5.41, 5.74) is 5.34. The fourth-order valence-corrected chi connectivity index (χ4v) is 2.24. The van der Waals surface area contributed by atoms with Crippen molar-refractivity contribution in [3.8, 4) is 11.8 Å². The van der Waals surface area contributed by atoms with Crippen LogP contribution in [0.3, 0.4) is 0 Å². The number of carbonyl (C=O) groups is 2. The number of benzene rings is 1. The Morgan fingerprint density at radius 3 is 2.11 bits per heavy atom. The van der Waals surface area contributed by atoms with E-state index in [1.165, 1.54) is 0 Å². The zero-order valence-electron chi connectivity index (χ0n) is 17.8. The zero-order valence-corrected chi connectivity index (χ0v) is 17.8. The van der Waals surface area contributed by atoms with E-state index in [0.717, 1.165) is 4.90 Å². The monoisotopic (exact) mass is 389 g/mol. The van der Waals surface area contributed by atoms with Crippen LogP contribution in [0.1, 0.15) is 54.0 Å². The topological polar surface area (TPSA) is 106 Å². The van der Waals surface area contributed by atoms with Crippen molar-refractivity contribution in [1.82, 2.24) is 4.90 Å². The molecule has 0 heterocycles. The third kappa shape index (κ3) is 6.86. The van der Waals surface area contributed by atoms with Crippen molar-refractivity contribution < 1.29 is 19.1 Å². The second kappa shape index (κ2) is 9.07. The van der Waals surface area contributed by atoms with Crippen molar-refractivity contribution >= 4 is 12.0 Å². The van der Waals surface area contributed by atoms with E-state index in [4.69, 9.17) is 20.5 Å². The predicted molar refractivity (Wildman–Crippen MR) is 107 cm³/mol. The summed E-state index contributed by atoms with van der Waals surface area (Å²) in [5.74, 6) is 0.0141. The predicted octanol–water partition coefficient (Wildman–Crippen LogP) is 3.46. The second-order valence-electron chi connectivity index (χ2n) is 8.83. The van der Waals surface area contributed by atoms with E-state index >= 15 is 0 Å². The van der Waals surface area contributed by atoms with Gasteiger partial charge in [-0.1, -0.05) is 20.8 Å². The SMILES string of the molecule is CC(COc1ccc(C#N)cc1)N(C(=O)OC(C)(C)C)C(=O)[C@@H](N)C(C)(C)C. The summed E-state index contributed by atoms with van der Waals surface area (Å²) in [6.07, 6.45) is -0.756. The van der Waals surface area contributed by atoms with Crippen molar-refractivity contribution in [3.63, 3.8) is 0 Å². The van der Waals surface area contributed by atoms with E-state index < -0.39 is 35.1 Å². The lowest BCUT2D eigenvalue weighted by molar-refractivity contribution is -0.136. The standard InChI is InChI=1S/C21H31N3O4/c1-14(13-27-16-10-8-15(12-22)9-11-16)24(19(26)28-21(5,6)7)18(25)17(23)20(2,3)4/h8-11,14,17H,13,23H2,1-7H3/t14?,17-/m1/s1. The molecule has 2 N–H and O–H groups in total. The van der Waals surface area contributed by atoms with Gasteiger partial charge in [0.2, 0.25) is 5.91 Å². The highest BCUT2D eigenvalue weighted by atomic mass is 16.6. The molecule has 0 aromatic heterocycles. The maximum atomic E-state index is 13.0. The number of carbonyl (C=O) groups excluding carboxylic acids is 2. The van der Waals surface area contributed by atoms with Crippen LogP contribution < -0.4 is 10.5 Å². The zero-order chi connectivity index (χ0) is 21.7. The highest BCUT2D eigenvalue weighted by Crippen LogP contribution is 2.22. The third-order valence-corrected chi connectivity index (χ3v) is 3.94. The Morgan fingerprint density at radius 2 is 1.68 bits per heavy atom. The number of nitrogens with zero attached hydrogens (tertiary/aromatic N) is 2. The molecule has 0 bridgehead atoms. The van der Waals surface area contributed by atoms with Crippen LogP contribution in [0.15, 0.2) is 24.3 Å². The average Bonchev–Trinajstić information content (AvgIpc) is 2.57. The minimum absolute atomic E-state index is 0.0632. The molecular weight excluding hydrogens is 358 g/mol. The third-order valence-electron chi connectivity index (χ3n) is 3.94. The molecule has 0 fully saturated rings. The molecule has 0 aliphatic carbocycles. The second-order valence-corrected chi connectivity index (χ2v) is 8.83. The molecule has 0 spiro atoms. The van der Waals surface area contributed by atoms with Gasteiger partial charge < -0.3 is 15.2 Å². The number of rotatable bonds is 5. The first-order valence-electron chi connectivity index (χ1n) is 9.21. The highest BCUT2D eigenvalue weighted by Gasteiger charge is 2.38. The largest absolute Gasteiger partial charge is 0.491 e. The molecule has 0 saturated carbocycles. The van der Waals surface area contributed by atoms with Gasteiger partial charge in [0, 0.05) is 0 Å². The van der Waals surface area contributed by atoms with E-state index in [-0.39, 0.29) is 6.61 Å². The van der Waals surface area contributed by atoms with Crippen LogP contribution in [0.4, 0.5) is 4.79 Å². The van der Waals surface area contributed by atoms with Crippen molar-refractivity contribution in [3.05, 3.63) is 29.8 Å². The first kappa shape index (κ1) is 23.4. The van der Waals surface area contributed by atoms with Crippen molar-refractivity contribution in [2.45, 2.75) is 66.2 Å². The van der Waals surface area contributed by atoms with Crippen LogP contribution in [0.5, 0.6) is 5.75 Å². The smallest absolute Gasteiger partial charge is 0.417 e. The van der Waals surface area contributed by atoms with E-state index in [1.54, 1.807) is 52.0 Å². The highest BCUT2D eigenvalue weighted by molar-refractivity contribution is 5.95. The molecule has 154 valence electrons. The molecule has 1 unspecified atom stereocenters. The Bertz CT molecular complexity index is 724. The maximum absolute atomic E-state index is 13.0. The molecule has 7 heteroatoms. The lowest BCUT2D eigenvalue weighted by Crippen LogP contribution is -2.57. The molecule has 28 heavy (non-hydrogen) atoms. The number of amides is 2. The molecule has 0 radical (unpaired) electrons. The van der Waals surface area contributed by atoms with Crippen LogP contribution in [0.25, 0.3) is 0 Å². The summed E-state index contributed by atoms with van der Waals surface area (Å²) in [4.78, 5) is 26.7. The Kier molecular flexibility index (Phi) is 7.59. The minimum atomic E-state index is -0.877. The van der Waals surface area contributed by atoms with Crippen LogP contribution in [0, 0.1) is 16.7 Å². The Labute approximate surface area is 167 Å². The molecule has 1 rings (SSSR count). The first-order chi connectivity index (χ1) is 12.8. The molecule has 7 nitrogen and oxygen atoms in total. The fraction of sp³-hybridized carbons (Fsp3) is 0.571. The Balaban J connectivity index is 2.99. The van der Waals surface area contributed by atoms with Gasteiger partial charge in [-0.05, 0) is 57.4 Å². The minimum Gasteiger partial charge on any atom is -0.491 e. The van der Waals surface area contributed by atoms with Crippen LogP contribution in [0.2, 0.25) is 0 Å². The van der Waals surface area contributed by atoms with Gasteiger partial charge in [0.25, 0.3) is 0 Å². The number of hydrogen-bond donors (Lipinski definition) is 1. The molecule has 0 saturated heterocycles. The number of ether oxygens (including phenoxy) is 2.